The van der Waals surface area contributed by atoms with E-state index in [1.54, 1.807) is 31.3 Å². The lowest BCUT2D eigenvalue weighted by molar-refractivity contribution is -0.121. The number of hydrogen-bond acceptors (Lipinski definition) is 3. The highest BCUT2D eigenvalue weighted by Crippen LogP contribution is 2.38. The predicted molar refractivity (Wildman–Crippen MR) is 95.1 cm³/mol. The first kappa shape index (κ1) is 16.3. The molecule has 0 aliphatic heterocycles. The van der Waals surface area contributed by atoms with Crippen molar-refractivity contribution in [3.63, 3.8) is 0 Å². The van der Waals surface area contributed by atoms with Gasteiger partial charge in [0.2, 0.25) is 5.91 Å². The SMILES string of the molecule is CCC(=O)N[C@H](c1ccccc1)c1cc(Cl)c2cccnc2c1O. The molecule has 0 aliphatic carbocycles. The van der Waals surface area contributed by atoms with Gasteiger partial charge in [-0.15, -0.1) is 0 Å². The van der Waals surface area contributed by atoms with Crippen LogP contribution in [0.3, 0.4) is 0 Å². The van der Waals surface area contributed by atoms with Gasteiger partial charge in [-0.1, -0.05) is 48.9 Å². The van der Waals surface area contributed by atoms with E-state index in [4.69, 9.17) is 11.6 Å². The zero-order valence-corrected chi connectivity index (χ0v) is 13.9. The van der Waals surface area contributed by atoms with E-state index in [9.17, 15) is 9.90 Å². The lowest BCUT2D eigenvalue weighted by atomic mass is 9.96. The molecule has 2 aromatic carbocycles. The second-order valence-electron chi connectivity index (χ2n) is 5.46. The molecule has 122 valence electrons. The molecule has 1 atom stereocenters. The van der Waals surface area contributed by atoms with Crippen LogP contribution in [0.5, 0.6) is 5.75 Å². The average molecular weight is 341 g/mol. The van der Waals surface area contributed by atoms with E-state index in [0.29, 0.717) is 27.9 Å². The fourth-order valence-electron chi connectivity index (χ4n) is 2.68. The molecule has 0 spiro atoms. The zero-order chi connectivity index (χ0) is 17.1. The van der Waals surface area contributed by atoms with Crippen LogP contribution < -0.4 is 5.32 Å². The van der Waals surface area contributed by atoms with Crippen LogP contribution in [-0.4, -0.2) is 16.0 Å². The molecule has 5 heteroatoms. The first-order valence-electron chi connectivity index (χ1n) is 7.72. The molecule has 0 fully saturated rings. The van der Waals surface area contributed by atoms with Crippen molar-refractivity contribution in [1.82, 2.24) is 10.3 Å². The average Bonchev–Trinajstić information content (AvgIpc) is 2.63. The van der Waals surface area contributed by atoms with Crippen molar-refractivity contribution in [2.75, 3.05) is 0 Å². The van der Waals surface area contributed by atoms with E-state index in [-0.39, 0.29) is 11.7 Å². The number of phenols is 1. The van der Waals surface area contributed by atoms with Gasteiger partial charge in [-0.05, 0) is 23.8 Å². The van der Waals surface area contributed by atoms with Gasteiger partial charge in [0, 0.05) is 23.6 Å². The number of rotatable bonds is 4. The Kier molecular flexibility index (Phi) is 4.67. The van der Waals surface area contributed by atoms with Crippen molar-refractivity contribution in [1.29, 1.82) is 0 Å². The first-order chi connectivity index (χ1) is 11.6. The van der Waals surface area contributed by atoms with E-state index in [1.165, 1.54) is 0 Å². The van der Waals surface area contributed by atoms with Gasteiger partial charge in [-0.3, -0.25) is 9.78 Å². The molecule has 4 nitrogen and oxygen atoms in total. The summed E-state index contributed by atoms with van der Waals surface area (Å²) in [7, 11) is 0. The summed E-state index contributed by atoms with van der Waals surface area (Å²) in [5.41, 5.74) is 1.81. The number of carbonyl (C=O) groups excluding carboxylic acids is 1. The van der Waals surface area contributed by atoms with Gasteiger partial charge in [0.15, 0.2) is 0 Å². The van der Waals surface area contributed by atoms with Gasteiger partial charge >= 0.3 is 0 Å². The molecule has 0 aliphatic rings. The number of halogens is 1. The van der Waals surface area contributed by atoms with Crippen molar-refractivity contribution in [3.05, 3.63) is 70.9 Å². The fourth-order valence-corrected chi connectivity index (χ4v) is 2.95. The quantitative estimate of drug-likeness (QED) is 0.747. The molecule has 2 N–H and O–H groups in total. The minimum absolute atomic E-state index is 0.0280. The third kappa shape index (κ3) is 3.05. The summed E-state index contributed by atoms with van der Waals surface area (Å²) in [6.45, 7) is 1.78. The molecule has 0 radical (unpaired) electrons. The number of nitrogens with one attached hydrogen (secondary N) is 1. The molecular weight excluding hydrogens is 324 g/mol. The van der Waals surface area contributed by atoms with Crippen LogP contribution in [0.15, 0.2) is 54.7 Å². The Morgan fingerprint density at radius 3 is 2.71 bits per heavy atom. The van der Waals surface area contributed by atoms with Gasteiger partial charge in [0.05, 0.1) is 11.1 Å². The molecule has 0 bridgehead atoms. The highest BCUT2D eigenvalue weighted by molar-refractivity contribution is 6.35. The lowest BCUT2D eigenvalue weighted by Crippen LogP contribution is -2.28. The second-order valence-corrected chi connectivity index (χ2v) is 5.87. The Hall–Kier alpha value is -2.59. The van der Waals surface area contributed by atoms with Crippen LogP contribution in [0.2, 0.25) is 5.02 Å². The molecule has 1 heterocycles. The monoisotopic (exact) mass is 340 g/mol. The molecule has 3 aromatic rings. The Balaban J connectivity index is 2.19. The van der Waals surface area contributed by atoms with Gasteiger partial charge < -0.3 is 10.4 Å². The fraction of sp³-hybridized carbons (Fsp3) is 0.158. The van der Waals surface area contributed by atoms with Crippen molar-refractivity contribution >= 4 is 28.4 Å². The van der Waals surface area contributed by atoms with Crippen LogP contribution in [0.25, 0.3) is 10.9 Å². The number of benzene rings is 2. The zero-order valence-electron chi connectivity index (χ0n) is 13.2. The number of fused-ring (bicyclic) bond motifs is 1. The van der Waals surface area contributed by atoms with Gasteiger partial charge in [0.25, 0.3) is 0 Å². The summed E-state index contributed by atoms with van der Waals surface area (Å²) in [5, 5.41) is 14.8. The van der Waals surface area contributed by atoms with E-state index < -0.39 is 6.04 Å². The van der Waals surface area contributed by atoms with Crippen molar-refractivity contribution in [2.45, 2.75) is 19.4 Å². The standard InChI is InChI=1S/C19H17ClN2O2/c1-2-16(23)22-17(12-7-4-3-5-8-12)14-11-15(20)13-9-6-10-21-18(13)19(14)24/h3-11,17,24H,2H2,1H3,(H,22,23)/t17-/m1/s1. The second kappa shape index (κ2) is 6.89. The maximum Gasteiger partial charge on any atom is 0.220 e. The Bertz CT molecular complexity index is 881. The van der Waals surface area contributed by atoms with Crippen LogP contribution >= 0.6 is 11.6 Å². The summed E-state index contributed by atoms with van der Waals surface area (Å²) >= 11 is 6.37. The first-order valence-corrected chi connectivity index (χ1v) is 8.10. The summed E-state index contributed by atoms with van der Waals surface area (Å²) in [6.07, 6.45) is 1.95. The van der Waals surface area contributed by atoms with E-state index in [1.807, 2.05) is 30.3 Å². The molecule has 0 saturated carbocycles. The van der Waals surface area contributed by atoms with E-state index >= 15 is 0 Å². The predicted octanol–water partition coefficient (Wildman–Crippen LogP) is 4.21. The van der Waals surface area contributed by atoms with E-state index in [0.717, 1.165) is 5.56 Å². The summed E-state index contributed by atoms with van der Waals surface area (Å²) in [5.74, 6) is -0.0826. The highest BCUT2D eigenvalue weighted by atomic mass is 35.5. The molecule has 24 heavy (non-hydrogen) atoms. The van der Waals surface area contributed by atoms with Crippen LogP contribution in [0.4, 0.5) is 0 Å². The normalized spacial score (nSPS) is 12.1. The van der Waals surface area contributed by atoms with Gasteiger partial charge in [-0.2, -0.15) is 0 Å². The Morgan fingerprint density at radius 1 is 1.25 bits per heavy atom. The number of pyridine rings is 1. The third-order valence-electron chi connectivity index (χ3n) is 3.92. The van der Waals surface area contributed by atoms with Crippen LogP contribution in [-0.2, 0) is 4.79 Å². The van der Waals surface area contributed by atoms with Crippen molar-refractivity contribution < 1.29 is 9.90 Å². The summed E-state index contributed by atoms with van der Waals surface area (Å²) in [6, 6.07) is 14.2. The van der Waals surface area contributed by atoms with Crippen molar-refractivity contribution in [3.8, 4) is 5.75 Å². The number of amides is 1. The Labute approximate surface area is 145 Å². The Morgan fingerprint density at radius 2 is 2.00 bits per heavy atom. The van der Waals surface area contributed by atoms with Crippen molar-refractivity contribution in [2.24, 2.45) is 0 Å². The molecule has 1 aromatic heterocycles. The summed E-state index contributed by atoms with van der Waals surface area (Å²) in [4.78, 5) is 16.2. The minimum Gasteiger partial charge on any atom is -0.505 e. The van der Waals surface area contributed by atoms with Gasteiger partial charge in [-0.25, -0.2) is 0 Å². The highest BCUT2D eigenvalue weighted by Gasteiger charge is 2.22. The number of phenolic OH excluding ortho intramolecular Hbond substituents is 1. The van der Waals surface area contributed by atoms with E-state index in [2.05, 4.69) is 10.3 Å². The molecule has 0 unspecified atom stereocenters. The lowest BCUT2D eigenvalue weighted by Gasteiger charge is -2.21. The van der Waals surface area contributed by atoms with Crippen LogP contribution in [0, 0.1) is 0 Å². The molecular formula is C19H17ClN2O2. The number of aromatic nitrogens is 1. The minimum atomic E-state index is -0.498. The molecule has 0 saturated heterocycles. The van der Waals surface area contributed by atoms with Gasteiger partial charge in [0.1, 0.15) is 11.3 Å². The molecule has 1 amide bonds. The third-order valence-corrected chi connectivity index (χ3v) is 4.23. The number of hydrogen-bond donors (Lipinski definition) is 2. The number of aromatic hydroxyl groups is 1. The smallest absolute Gasteiger partial charge is 0.220 e. The number of carbonyl (C=O) groups is 1. The molecule has 3 rings (SSSR count). The summed E-state index contributed by atoms with van der Waals surface area (Å²) < 4.78 is 0. The number of nitrogens with zero attached hydrogens (tertiary/aromatic N) is 1. The van der Waals surface area contributed by atoms with Crippen LogP contribution in [0.1, 0.15) is 30.5 Å². The largest absolute Gasteiger partial charge is 0.505 e. The maximum absolute atomic E-state index is 12.0. The topological polar surface area (TPSA) is 62.2 Å². The maximum atomic E-state index is 12.0.